The van der Waals surface area contributed by atoms with E-state index in [0.29, 0.717) is 54.3 Å². The molecular formula is C31H42N4O5. The Morgan fingerprint density at radius 3 is 2.48 bits per heavy atom. The minimum atomic E-state index is -0.470. The van der Waals surface area contributed by atoms with Crippen LogP contribution < -0.4 is 20.5 Å². The number of carbonyl (C=O) groups excluding carboxylic acids is 2. The highest BCUT2D eigenvalue weighted by molar-refractivity contribution is 5.98. The van der Waals surface area contributed by atoms with Gasteiger partial charge in [0.25, 0.3) is 0 Å². The molecule has 1 aromatic heterocycles. The van der Waals surface area contributed by atoms with E-state index >= 15 is 0 Å². The molecule has 0 bridgehead atoms. The first-order chi connectivity index (χ1) is 19.1. The monoisotopic (exact) mass is 550 g/mol. The summed E-state index contributed by atoms with van der Waals surface area (Å²) in [6.07, 6.45) is 3.03. The van der Waals surface area contributed by atoms with Crippen molar-refractivity contribution in [1.82, 2.24) is 9.88 Å². The average Bonchev–Trinajstić information content (AvgIpc) is 2.92. The van der Waals surface area contributed by atoms with E-state index in [1.165, 1.54) is 0 Å². The molecule has 0 radical (unpaired) electrons. The van der Waals surface area contributed by atoms with Gasteiger partial charge in [-0.15, -0.1) is 0 Å². The predicted molar refractivity (Wildman–Crippen MR) is 158 cm³/mol. The third-order valence-electron chi connectivity index (χ3n) is 6.85. The van der Waals surface area contributed by atoms with Crippen LogP contribution in [0.25, 0.3) is 10.9 Å². The molecule has 0 spiro atoms. The predicted octanol–water partition coefficient (Wildman–Crippen LogP) is 4.73. The number of fused-ring (bicyclic) bond motifs is 1. The molecular weight excluding hydrogens is 508 g/mol. The molecule has 40 heavy (non-hydrogen) atoms. The number of nitrogens with zero attached hydrogens (tertiary/aromatic N) is 2. The maximum absolute atomic E-state index is 12.5. The lowest BCUT2D eigenvalue weighted by atomic mass is 10.0. The smallest absolute Gasteiger partial charge is 0.225 e. The fourth-order valence-electron chi connectivity index (χ4n) is 4.81. The van der Waals surface area contributed by atoms with Crippen LogP contribution >= 0.6 is 0 Å². The Morgan fingerprint density at radius 2 is 1.88 bits per heavy atom. The Hall–Kier alpha value is -3.85. The molecule has 4 N–H and O–H groups in total. The van der Waals surface area contributed by atoms with Gasteiger partial charge < -0.3 is 30.5 Å². The molecule has 0 saturated heterocycles. The molecule has 3 aromatic rings. The second-order valence-electron chi connectivity index (χ2n) is 10.4. The van der Waals surface area contributed by atoms with Gasteiger partial charge in [0.2, 0.25) is 11.8 Å². The minimum absolute atomic E-state index is 0.00837. The van der Waals surface area contributed by atoms with Crippen molar-refractivity contribution >= 4 is 34.1 Å². The molecule has 0 aliphatic rings. The Labute approximate surface area is 236 Å². The van der Waals surface area contributed by atoms with E-state index in [1.54, 1.807) is 13.3 Å². The van der Waals surface area contributed by atoms with Crippen LogP contribution in [0.15, 0.2) is 36.5 Å². The quantitative estimate of drug-likeness (QED) is 0.248. The molecule has 0 aliphatic heterocycles. The van der Waals surface area contributed by atoms with Crippen molar-refractivity contribution in [2.45, 2.75) is 66.5 Å². The first-order valence-electron chi connectivity index (χ1n) is 13.8. The summed E-state index contributed by atoms with van der Waals surface area (Å²) in [6, 6.07) is 9.49. The first kappa shape index (κ1) is 30.7. The largest absolute Gasteiger partial charge is 0.493 e. The highest BCUT2D eigenvalue weighted by atomic mass is 16.5. The summed E-state index contributed by atoms with van der Waals surface area (Å²) in [5, 5.41) is 14.1. The van der Waals surface area contributed by atoms with Crippen LogP contribution in [0, 0.1) is 5.92 Å². The number of benzene rings is 2. The lowest BCUT2D eigenvalue weighted by molar-refractivity contribution is -0.136. The summed E-state index contributed by atoms with van der Waals surface area (Å²) in [4.78, 5) is 30.9. The van der Waals surface area contributed by atoms with E-state index in [0.717, 1.165) is 22.2 Å². The minimum Gasteiger partial charge on any atom is -0.493 e. The molecule has 9 nitrogen and oxygen atoms in total. The van der Waals surface area contributed by atoms with Crippen LogP contribution in [0.3, 0.4) is 0 Å². The fourth-order valence-corrected chi connectivity index (χ4v) is 4.81. The fraction of sp³-hybridized carbons (Fsp3) is 0.452. The number of primary amides is 1. The molecule has 0 fully saturated rings. The number of aliphatic hydroxyl groups is 1. The number of aliphatic hydroxyl groups excluding tert-OH is 1. The zero-order valence-corrected chi connectivity index (χ0v) is 24.4. The van der Waals surface area contributed by atoms with Gasteiger partial charge in [0.05, 0.1) is 37.9 Å². The van der Waals surface area contributed by atoms with E-state index in [9.17, 15) is 14.7 Å². The second-order valence-corrected chi connectivity index (χ2v) is 10.4. The van der Waals surface area contributed by atoms with E-state index < -0.39 is 5.91 Å². The van der Waals surface area contributed by atoms with Gasteiger partial charge in [-0.2, -0.15) is 0 Å². The Kier molecular flexibility index (Phi) is 10.7. The molecule has 0 unspecified atom stereocenters. The van der Waals surface area contributed by atoms with Crippen LogP contribution in [0.2, 0.25) is 0 Å². The van der Waals surface area contributed by atoms with Gasteiger partial charge in [0, 0.05) is 47.4 Å². The van der Waals surface area contributed by atoms with Crippen LogP contribution in [-0.4, -0.2) is 53.1 Å². The summed E-state index contributed by atoms with van der Waals surface area (Å²) < 4.78 is 11.8. The Morgan fingerprint density at radius 1 is 1.12 bits per heavy atom. The number of ether oxygens (including phenoxy) is 2. The maximum Gasteiger partial charge on any atom is 0.225 e. The standard InChI is InChI=1S/C31H42N4O5/c1-7-23-21(18-36)10-8-11-25(23)34-30-22(14-29(32)37)17-33-26-16-28(27(39-6)15-24(26)30)40-13-9-12-35(20(4)5)31(38)19(2)3/h8,10-11,15-17,19-20,36H,7,9,12-14,18H2,1-6H3,(H2,32,37)(H,33,34). The Bertz CT molecular complexity index is 1340. The Balaban J connectivity index is 1.95. The number of methoxy groups -OCH3 is 1. The molecule has 216 valence electrons. The number of carbonyl (C=O) groups is 2. The number of hydrogen-bond acceptors (Lipinski definition) is 7. The SMILES string of the molecule is CCc1c(CO)cccc1Nc1c(CC(N)=O)cnc2cc(OCCCN(C(=O)C(C)C)C(C)C)c(OC)cc12. The van der Waals surface area contributed by atoms with Gasteiger partial charge in [0.15, 0.2) is 11.5 Å². The molecule has 3 rings (SSSR count). The highest BCUT2D eigenvalue weighted by Crippen LogP contribution is 2.38. The maximum atomic E-state index is 12.5. The van der Waals surface area contributed by atoms with Crippen LogP contribution in [0.4, 0.5) is 11.4 Å². The number of anilines is 2. The van der Waals surface area contributed by atoms with E-state index in [1.807, 2.05) is 69.9 Å². The van der Waals surface area contributed by atoms with Crippen molar-refractivity contribution in [2.24, 2.45) is 11.7 Å². The third-order valence-corrected chi connectivity index (χ3v) is 6.85. The van der Waals surface area contributed by atoms with Crippen LogP contribution in [0.1, 0.15) is 57.7 Å². The molecule has 2 aromatic carbocycles. The van der Waals surface area contributed by atoms with Gasteiger partial charge in [-0.1, -0.05) is 32.9 Å². The van der Waals surface area contributed by atoms with Gasteiger partial charge in [-0.05, 0) is 49.9 Å². The summed E-state index contributed by atoms with van der Waals surface area (Å²) in [5.74, 6) is 0.662. The topological polar surface area (TPSA) is 127 Å². The summed E-state index contributed by atoms with van der Waals surface area (Å²) in [7, 11) is 1.57. The molecule has 1 heterocycles. The van der Waals surface area contributed by atoms with Gasteiger partial charge in [-0.25, -0.2) is 0 Å². The first-order valence-corrected chi connectivity index (χ1v) is 13.8. The number of nitrogens with two attached hydrogens (primary N) is 1. The van der Waals surface area contributed by atoms with E-state index in [2.05, 4.69) is 10.3 Å². The number of rotatable bonds is 14. The van der Waals surface area contributed by atoms with Crippen molar-refractivity contribution in [1.29, 1.82) is 0 Å². The zero-order chi connectivity index (χ0) is 29.4. The number of nitrogens with one attached hydrogen (secondary N) is 1. The lowest BCUT2D eigenvalue weighted by Gasteiger charge is -2.28. The van der Waals surface area contributed by atoms with E-state index in [-0.39, 0.29) is 30.9 Å². The summed E-state index contributed by atoms with van der Waals surface area (Å²) >= 11 is 0. The molecule has 9 heteroatoms. The number of aromatic nitrogens is 1. The molecule has 2 amide bonds. The molecule has 0 atom stereocenters. The van der Waals surface area contributed by atoms with Crippen molar-refractivity contribution in [2.75, 3.05) is 25.6 Å². The summed E-state index contributed by atoms with van der Waals surface area (Å²) in [6.45, 7) is 10.8. The van der Waals surface area contributed by atoms with Crippen LogP contribution in [-0.2, 0) is 29.0 Å². The number of hydrogen-bond donors (Lipinski definition) is 3. The van der Waals surface area contributed by atoms with Crippen molar-refractivity contribution < 1.29 is 24.2 Å². The van der Waals surface area contributed by atoms with Crippen molar-refractivity contribution in [3.8, 4) is 11.5 Å². The van der Waals surface area contributed by atoms with E-state index in [4.69, 9.17) is 15.2 Å². The van der Waals surface area contributed by atoms with Gasteiger partial charge in [0.1, 0.15) is 0 Å². The lowest BCUT2D eigenvalue weighted by Crippen LogP contribution is -2.40. The molecule has 0 aliphatic carbocycles. The van der Waals surface area contributed by atoms with Gasteiger partial charge >= 0.3 is 0 Å². The van der Waals surface area contributed by atoms with Crippen LogP contribution in [0.5, 0.6) is 11.5 Å². The third kappa shape index (κ3) is 7.21. The normalized spacial score (nSPS) is 11.2. The highest BCUT2D eigenvalue weighted by Gasteiger charge is 2.20. The zero-order valence-electron chi connectivity index (χ0n) is 24.4. The van der Waals surface area contributed by atoms with Crippen molar-refractivity contribution in [3.05, 3.63) is 53.2 Å². The second kappa shape index (κ2) is 14.0. The number of amides is 2. The van der Waals surface area contributed by atoms with Crippen molar-refractivity contribution in [3.63, 3.8) is 0 Å². The van der Waals surface area contributed by atoms with Gasteiger partial charge in [-0.3, -0.25) is 14.6 Å². The number of pyridine rings is 1. The summed E-state index contributed by atoms with van der Waals surface area (Å²) in [5.41, 5.74) is 10.2. The molecule has 0 saturated carbocycles. The average molecular weight is 551 g/mol.